The summed E-state index contributed by atoms with van der Waals surface area (Å²) in [5, 5.41) is 51.7. The lowest BCUT2D eigenvalue weighted by Gasteiger charge is -2.43. The molecule has 23 heteroatoms. The summed E-state index contributed by atoms with van der Waals surface area (Å²) in [5.41, 5.74) is 22.6. The minimum atomic E-state index is -1.68. The van der Waals surface area contributed by atoms with E-state index in [1.807, 2.05) is 0 Å². The van der Waals surface area contributed by atoms with Crippen LogP contribution in [0, 0.1) is 0 Å². The van der Waals surface area contributed by atoms with Gasteiger partial charge in [-0.3, -0.25) is 24.0 Å². The summed E-state index contributed by atoms with van der Waals surface area (Å²) in [6, 6.07) is -4.34. The average Bonchev–Trinajstić information content (AvgIpc) is 3.58. The van der Waals surface area contributed by atoms with Crippen molar-refractivity contribution >= 4 is 41.5 Å². The standard InChI is InChI=1S/C34H62N12O11/c1-17(47)42-20(7-4-10-40-24(50)12-19(37)6-3-9-39-14-21(48)11-18(36)5-2-8-35)13-25(51)43-28-30(53)29(52)23(16-56-33(38)55)57-32(28)46-34-44-26-22(49)15-41-31(54)27(26)45-34/h18-20,22-23,26-30,32,39,49,52-53H,2-16,35-37H2,1H3,(H2,38,55)(H,40,50)(H,41,54)(H,42,47)(H,43,51)(H2,44,45,46)/t18-,19-,20-,22+,23?,26+,27+,28?,29?,30?,32?/m0/s1. The van der Waals surface area contributed by atoms with Crippen molar-refractivity contribution in [1.82, 2.24) is 37.2 Å². The highest BCUT2D eigenvalue weighted by Gasteiger charge is 2.48. The molecule has 3 heterocycles. The van der Waals surface area contributed by atoms with Crippen molar-refractivity contribution in [2.75, 3.05) is 39.3 Å². The molecule has 11 atom stereocenters. The van der Waals surface area contributed by atoms with E-state index in [1.54, 1.807) is 0 Å². The summed E-state index contributed by atoms with van der Waals surface area (Å²) < 4.78 is 10.6. The van der Waals surface area contributed by atoms with Crippen LogP contribution in [-0.2, 0) is 33.4 Å². The van der Waals surface area contributed by atoms with Gasteiger partial charge in [-0.1, -0.05) is 0 Å². The number of aliphatic hydroxyl groups excluding tert-OH is 3. The second-order valence-electron chi connectivity index (χ2n) is 14.7. The van der Waals surface area contributed by atoms with Crippen LogP contribution < -0.4 is 60.2 Å². The molecule has 3 rings (SSSR count). The molecule has 23 nitrogen and oxygen atoms in total. The number of ketones is 1. The number of hydrogen-bond donors (Lipinski definition) is 14. The van der Waals surface area contributed by atoms with Crippen LogP contribution in [0.3, 0.4) is 0 Å². The lowest BCUT2D eigenvalue weighted by Crippen LogP contribution is -2.69. The Morgan fingerprint density at radius 2 is 1.67 bits per heavy atom. The van der Waals surface area contributed by atoms with Crippen LogP contribution >= 0.6 is 0 Å². The number of carbonyl (C=O) groups excluding carboxylic acids is 6. The number of nitrogens with one attached hydrogen (secondary N) is 7. The number of fused-ring (bicyclic) bond motifs is 1. The first-order chi connectivity index (χ1) is 27.1. The van der Waals surface area contributed by atoms with Gasteiger partial charge in [-0.2, -0.15) is 0 Å². The minimum Gasteiger partial charge on any atom is -0.447 e. The Balaban J connectivity index is 1.47. The zero-order valence-electron chi connectivity index (χ0n) is 32.3. The van der Waals surface area contributed by atoms with E-state index >= 15 is 0 Å². The highest BCUT2D eigenvalue weighted by Crippen LogP contribution is 2.22. The molecule has 0 aromatic carbocycles. The molecule has 2 fully saturated rings. The first kappa shape index (κ1) is 47.1. The van der Waals surface area contributed by atoms with E-state index in [1.165, 1.54) is 6.92 Å². The fourth-order valence-corrected chi connectivity index (χ4v) is 6.76. The monoisotopic (exact) mass is 814 g/mol. The molecule has 3 aliphatic rings. The third kappa shape index (κ3) is 16.3. The maximum absolute atomic E-state index is 13.4. The van der Waals surface area contributed by atoms with Gasteiger partial charge in [0.25, 0.3) is 0 Å². The third-order valence-electron chi connectivity index (χ3n) is 9.68. The van der Waals surface area contributed by atoms with E-state index in [9.17, 15) is 44.1 Å². The summed E-state index contributed by atoms with van der Waals surface area (Å²) in [6.45, 7) is 2.30. The Labute approximate surface area is 330 Å². The summed E-state index contributed by atoms with van der Waals surface area (Å²) in [7, 11) is 0. The molecule has 3 aliphatic heterocycles. The van der Waals surface area contributed by atoms with Crippen LogP contribution in [0.4, 0.5) is 4.79 Å². The van der Waals surface area contributed by atoms with Crippen LogP contribution in [-0.4, -0.2) is 163 Å². The number of rotatable bonds is 24. The molecule has 57 heavy (non-hydrogen) atoms. The van der Waals surface area contributed by atoms with Gasteiger partial charge in [-0.15, -0.1) is 0 Å². The molecule has 0 radical (unpaired) electrons. The number of guanidine groups is 1. The Hall–Kier alpha value is -4.23. The number of β-amino-alcohol motifs (C(OH)–C–C–N with tert-alkyl or cyclic N) is 1. The number of nitrogens with two attached hydrogens (primary N) is 4. The molecule has 0 aromatic heterocycles. The van der Waals surface area contributed by atoms with Crippen molar-refractivity contribution in [2.24, 2.45) is 27.9 Å². The highest BCUT2D eigenvalue weighted by atomic mass is 16.6. The first-order valence-corrected chi connectivity index (χ1v) is 19.3. The zero-order valence-corrected chi connectivity index (χ0v) is 32.3. The van der Waals surface area contributed by atoms with Gasteiger partial charge in [0, 0.05) is 57.4 Å². The molecular formula is C34H62N12O11. The van der Waals surface area contributed by atoms with Gasteiger partial charge in [0.2, 0.25) is 23.6 Å². The van der Waals surface area contributed by atoms with Gasteiger partial charge >= 0.3 is 6.09 Å². The van der Waals surface area contributed by atoms with E-state index in [-0.39, 0.29) is 62.6 Å². The number of amides is 5. The van der Waals surface area contributed by atoms with Gasteiger partial charge in [0.05, 0.1) is 18.7 Å². The predicted molar refractivity (Wildman–Crippen MR) is 203 cm³/mol. The van der Waals surface area contributed by atoms with Crippen molar-refractivity contribution in [3.05, 3.63) is 0 Å². The summed E-state index contributed by atoms with van der Waals surface area (Å²) >= 11 is 0. The smallest absolute Gasteiger partial charge is 0.404 e. The van der Waals surface area contributed by atoms with E-state index in [0.717, 1.165) is 6.42 Å². The van der Waals surface area contributed by atoms with Crippen molar-refractivity contribution in [3.63, 3.8) is 0 Å². The van der Waals surface area contributed by atoms with Crippen LogP contribution in [0.25, 0.3) is 0 Å². The highest BCUT2D eigenvalue weighted by molar-refractivity contribution is 5.92. The lowest BCUT2D eigenvalue weighted by atomic mass is 9.95. The number of aliphatic hydroxyl groups is 3. The molecule has 18 N–H and O–H groups in total. The number of nitrogens with zero attached hydrogens (tertiary/aromatic N) is 1. The molecule has 0 saturated carbocycles. The number of piperidine rings is 1. The number of Topliss-reactive ketones (excluding diaryl/α,β-unsaturated/α-hetero) is 1. The molecule has 2 saturated heterocycles. The Bertz CT molecular complexity index is 1390. The predicted octanol–water partition coefficient (Wildman–Crippen LogP) is -6.31. The van der Waals surface area contributed by atoms with E-state index in [2.05, 4.69) is 42.2 Å². The quantitative estimate of drug-likeness (QED) is 0.0403. The van der Waals surface area contributed by atoms with Crippen LogP contribution in [0.1, 0.15) is 64.7 Å². The summed E-state index contributed by atoms with van der Waals surface area (Å²) in [5.74, 6) is -1.71. The van der Waals surface area contributed by atoms with Gasteiger partial charge in [0.15, 0.2) is 18.2 Å². The Morgan fingerprint density at radius 3 is 2.35 bits per heavy atom. The zero-order chi connectivity index (χ0) is 42.1. The van der Waals surface area contributed by atoms with Crippen molar-refractivity contribution in [2.45, 2.75) is 132 Å². The largest absolute Gasteiger partial charge is 0.447 e. The lowest BCUT2D eigenvalue weighted by molar-refractivity contribution is -0.198. The number of hydrogen-bond acceptors (Lipinski definition) is 18. The topological polar surface area (TPSA) is 382 Å². The maximum atomic E-state index is 13.4. The maximum Gasteiger partial charge on any atom is 0.404 e. The Kier molecular flexibility index (Phi) is 19.7. The number of ether oxygens (including phenoxy) is 2. The molecular weight excluding hydrogens is 752 g/mol. The average molecular weight is 815 g/mol. The van der Waals surface area contributed by atoms with Crippen molar-refractivity contribution < 1.29 is 53.6 Å². The van der Waals surface area contributed by atoms with E-state index in [0.29, 0.717) is 45.2 Å². The second kappa shape index (κ2) is 23.9. The number of carbonyl (C=O) groups is 6. The molecule has 0 bridgehead atoms. The molecule has 5 unspecified atom stereocenters. The third-order valence-corrected chi connectivity index (χ3v) is 9.68. The van der Waals surface area contributed by atoms with Crippen LogP contribution in [0.5, 0.6) is 0 Å². The fraction of sp³-hybridized carbons (Fsp3) is 0.794. The van der Waals surface area contributed by atoms with Gasteiger partial charge in [-0.05, 0) is 51.6 Å². The normalized spacial score (nSPS) is 27.0. The Morgan fingerprint density at radius 1 is 0.965 bits per heavy atom. The number of aliphatic imine (C=N–C) groups is 1. The van der Waals surface area contributed by atoms with E-state index < -0.39 is 91.3 Å². The molecule has 5 amide bonds. The van der Waals surface area contributed by atoms with Crippen molar-refractivity contribution in [3.8, 4) is 0 Å². The molecule has 0 aromatic rings. The van der Waals surface area contributed by atoms with E-state index in [4.69, 9.17) is 32.4 Å². The summed E-state index contributed by atoms with van der Waals surface area (Å²) in [4.78, 5) is 77.7. The van der Waals surface area contributed by atoms with Crippen LogP contribution in [0.2, 0.25) is 0 Å². The first-order valence-electron chi connectivity index (χ1n) is 19.3. The second-order valence-corrected chi connectivity index (χ2v) is 14.7. The van der Waals surface area contributed by atoms with Crippen molar-refractivity contribution in [1.29, 1.82) is 0 Å². The fourth-order valence-electron chi connectivity index (χ4n) is 6.76. The van der Waals surface area contributed by atoms with Gasteiger partial charge in [-0.25, -0.2) is 9.79 Å². The summed E-state index contributed by atoms with van der Waals surface area (Å²) in [6.07, 6.45) is -4.55. The minimum absolute atomic E-state index is 0.000132. The molecule has 0 aliphatic carbocycles. The molecule has 324 valence electrons. The number of primary amides is 1. The van der Waals surface area contributed by atoms with Gasteiger partial charge in [0.1, 0.15) is 36.7 Å². The van der Waals surface area contributed by atoms with Gasteiger partial charge < -0.3 is 84.9 Å². The molecule has 0 spiro atoms. The SMILES string of the molecule is CC(=O)N[C@@H](CCCNC(=O)C[C@@H](N)CCCNCC(=O)C[C@@H](N)CCCN)CC(=O)NC1C(NC2=N[C@H]3C(=O)NC[C@@H](O)[C@H]3N2)OC(COC(N)=O)C(O)C1O. The van der Waals surface area contributed by atoms with Crippen LogP contribution in [0.15, 0.2) is 4.99 Å².